The Labute approximate surface area is 98.2 Å². The van der Waals surface area contributed by atoms with Crippen LogP contribution < -0.4 is 10.5 Å². The Morgan fingerprint density at radius 3 is 2.62 bits per heavy atom. The molecule has 1 unspecified atom stereocenters. The van der Waals surface area contributed by atoms with E-state index in [-0.39, 0.29) is 5.66 Å². The van der Waals surface area contributed by atoms with Gasteiger partial charge in [-0.2, -0.15) is 0 Å². The SMILES string of the molecule is CCOc1cccc(CC(C)(N)N(C)C)c1. The Hall–Kier alpha value is -1.06. The normalized spacial score (nSPS) is 14.9. The number of hydrogen-bond donors (Lipinski definition) is 1. The van der Waals surface area contributed by atoms with Crippen LogP contribution in [0.2, 0.25) is 0 Å². The van der Waals surface area contributed by atoms with E-state index in [1.165, 1.54) is 5.56 Å². The molecule has 90 valence electrons. The van der Waals surface area contributed by atoms with Gasteiger partial charge in [-0.1, -0.05) is 12.1 Å². The maximum absolute atomic E-state index is 6.20. The highest BCUT2D eigenvalue weighted by Gasteiger charge is 2.21. The summed E-state index contributed by atoms with van der Waals surface area (Å²) in [6.45, 7) is 4.71. The summed E-state index contributed by atoms with van der Waals surface area (Å²) in [7, 11) is 3.98. The predicted octanol–water partition coefficient (Wildman–Crippen LogP) is 1.86. The third kappa shape index (κ3) is 3.51. The fraction of sp³-hybridized carbons (Fsp3) is 0.538. The third-order valence-electron chi connectivity index (χ3n) is 2.79. The molecule has 1 aromatic carbocycles. The number of hydrogen-bond acceptors (Lipinski definition) is 3. The van der Waals surface area contributed by atoms with Crippen LogP contribution in [-0.2, 0) is 6.42 Å². The molecule has 0 aliphatic heterocycles. The molecule has 0 radical (unpaired) electrons. The first-order valence-electron chi connectivity index (χ1n) is 5.64. The summed E-state index contributed by atoms with van der Waals surface area (Å²) in [4.78, 5) is 2.03. The number of ether oxygens (including phenoxy) is 1. The molecular formula is C13H22N2O. The molecule has 0 saturated carbocycles. The van der Waals surface area contributed by atoms with Crippen LogP contribution in [-0.4, -0.2) is 31.3 Å². The first-order valence-corrected chi connectivity index (χ1v) is 5.64. The summed E-state index contributed by atoms with van der Waals surface area (Å²) < 4.78 is 5.47. The minimum Gasteiger partial charge on any atom is -0.494 e. The van der Waals surface area contributed by atoms with Crippen LogP contribution in [0.1, 0.15) is 19.4 Å². The molecule has 3 nitrogen and oxygen atoms in total. The van der Waals surface area contributed by atoms with E-state index in [9.17, 15) is 0 Å². The van der Waals surface area contributed by atoms with Crippen LogP contribution in [0.5, 0.6) is 5.75 Å². The van der Waals surface area contributed by atoms with E-state index in [0.29, 0.717) is 6.61 Å². The van der Waals surface area contributed by atoms with E-state index in [1.54, 1.807) is 0 Å². The summed E-state index contributed by atoms with van der Waals surface area (Å²) in [6.07, 6.45) is 0.806. The fourth-order valence-electron chi connectivity index (χ4n) is 1.48. The van der Waals surface area contributed by atoms with E-state index in [2.05, 4.69) is 12.1 Å². The van der Waals surface area contributed by atoms with Gasteiger partial charge < -0.3 is 10.5 Å². The second-order valence-electron chi connectivity index (χ2n) is 4.51. The van der Waals surface area contributed by atoms with Crippen molar-refractivity contribution in [2.24, 2.45) is 5.73 Å². The van der Waals surface area contributed by atoms with Crippen molar-refractivity contribution in [2.75, 3.05) is 20.7 Å². The van der Waals surface area contributed by atoms with Crippen molar-refractivity contribution in [1.82, 2.24) is 4.90 Å². The quantitative estimate of drug-likeness (QED) is 0.773. The molecule has 1 aromatic rings. The number of nitrogens with zero attached hydrogens (tertiary/aromatic N) is 1. The minimum absolute atomic E-state index is 0.329. The lowest BCUT2D eigenvalue weighted by Crippen LogP contribution is -2.51. The average Bonchev–Trinajstić information content (AvgIpc) is 2.17. The van der Waals surface area contributed by atoms with Gasteiger partial charge in [-0.15, -0.1) is 0 Å². The van der Waals surface area contributed by atoms with Crippen molar-refractivity contribution in [2.45, 2.75) is 25.9 Å². The van der Waals surface area contributed by atoms with Crippen molar-refractivity contribution in [1.29, 1.82) is 0 Å². The van der Waals surface area contributed by atoms with E-state index in [0.717, 1.165) is 12.2 Å². The molecule has 0 heterocycles. The molecular weight excluding hydrogens is 200 g/mol. The average molecular weight is 222 g/mol. The Balaban J connectivity index is 2.77. The highest BCUT2D eigenvalue weighted by molar-refractivity contribution is 5.29. The molecule has 0 amide bonds. The molecule has 0 saturated heterocycles. The van der Waals surface area contributed by atoms with Crippen LogP contribution in [0.4, 0.5) is 0 Å². The van der Waals surface area contributed by atoms with Crippen LogP contribution in [0, 0.1) is 0 Å². The highest BCUT2D eigenvalue weighted by atomic mass is 16.5. The first-order chi connectivity index (χ1) is 7.45. The van der Waals surface area contributed by atoms with Gasteiger partial charge in [0.1, 0.15) is 5.75 Å². The van der Waals surface area contributed by atoms with Gasteiger partial charge in [-0.05, 0) is 45.6 Å². The number of benzene rings is 1. The van der Waals surface area contributed by atoms with Crippen molar-refractivity contribution < 1.29 is 4.74 Å². The summed E-state index contributed by atoms with van der Waals surface area (Å²) in [5.74, 6) is 0.912. The molecule has 0 bridgehead atoms. The van der Waals surface area contributed by atoms with Gasteiger partial charge >= 0.3 is 0 Å². The van der Waals surface area contributed by atoms with Crippen molar-refractivity contribution in [3.8, 4) is 5.75 Å². The number of rotatable bonds is 5. The van der Waals surface area contributed by atoms with Gasteiger partial charge in [0, 0.05) is 6.42 Å². The Morgan fingerprint density at radius 1 is 1.38 bits per heavy atom. The second-order valence-corrected chi connectivity index (χ2v) is 4.51. The van der Waals surface area contributed by atoms with Crippen molar-refractivity contribution in [3.63, 3.8) is 0 Å². The molecule has 0 fully saturated rings. The second kappa shape index (κ2) is 5.32. The van der Waals surface area contributed by atoms with E-state index in [4.69, 9.17) is 10.5 Å². The van der Waals surface area contributed by atoms with Crippen LogP contribution in [0.3, 0.4) is 0 Å². The molecule has 0 aromatic heterocycles. The highest BCUT2D eigenvalue weighted by Crippen LogP contribution is 2.18. The molecule has 3 heteroatoms. The summed E-state index contributed by atoms with van der Waals surface area (Å²) in [5, 5.41) is 0. The largest absolute Gasteiger partial charge is 0.494 e. The minimum atomic E-state index is -0.329. The van der Waals surface area contributed by atoms with Gasteiger partial charge in [-0.3, -0.25) is 4.90 Å². The zero-order chi connectivity index (χ0) is 12.2. The van der Waals surface area contributed by atoms with Crippen LogP contribution in [0.25, 0.3) is 0 Å². The number of nitrogens with two attached hydrogens (primary N) is 1. The zero-order valence-corrected chi connectivity index (χ0v) is 10.7. The van der Waals surface area contributed by atoms with E-state index < -0.39 is 0 Å². The van der Waals surface area contributed by atoms with Gasteiger partial charge in [-0.25, -0.2) is 0 Å². The predicted molar refractivity (Wildman–Crippen MR) is 67.6 cm³/mol. The monoisotopic (exact) mass is 222 g/mol. The van der Waals surface area contributed by atoms with Crippen molar-refractivity contribution >= 4 is 0 Å². The third-order valence-corrected chi connectivity index (χ3v) is 2.79. The lowest BCUT2D eigenvalue weighted by molar-refractivity contribution is 0.180. The summed E-state index contributed by atoms with van der Waals surface area (Å²) >= 11 is 0. The smallest absolute Gasteiger partial charge is 0.119 e. The summed E-state index contributed by atoms with van der Waals surface area (Å²) in [5.41, 5.74) is 7.07. The molecule has 0 spiro atoms. The lowest BCUT2D eigenvalue weighted by Gasteiger charge is -2.32. The first kappa shape index (κ1) is 13.0. The lowest BCUT2D eigenvalue weighted by atomic mass is 10.0. The maximum Gasteiger partial charge on any atom is 0.119 e. The van der Waals surface area contributed by atoms with Gasteiger partial charge in [0.15, 0.2) is 0 Å². The molecule has 16 heavy (non-hydrogen) atoms. The molecule has 2 N–H and O–H groups in total. The maximum atomic E-state index is 6.20. The Morgan fingerprint density at radius 2 is 2.06 bits per heavy atom. The van der Waals surface area contributed by atoms with E-state index >= 15 is 0 Å². The van der Waals surface area contributed by atoms with Gasteiger partial charge in [0.25, 0.3) is 0 Å². The van der Waals surface area contributed by atoms with Gasteiger partial charge in [0.2, 0.25) is 0 Å². The van der Waals surface area contributed by atoms with Gasteiger partial charge in [0.05, 0.1) is 12.3 Å². The zero-order valence-electron chi connectivity index (χ0n) is 10.7. The standard InChI is InChI=1S/C13H22N2O/c1-5-16-12-8-6-7-11(9-12)10-13(2,14)15(3)4/h6-9H,5,10,14H2,1-4H3. The molecule has 1 atom stereocenters. The van der Waals surface area contributed by atoms with E-state index in [1.807, 2.05) is 45.0 Å². The fourth-order valence-corrected chi connectivity index (χ4v) is 1.48. The molecule has 1 rings (SSSR count). The topological polar surface area (TPSA) is 38.5 Å². The Kier molecular flexibility index (Phi) is 4.33. The Bertz CT molecular complexity index is 334. The van der Waals surface area contributed by atoms with Crippen LogP contribution >= 0.6 is 0 Å². The molecule has 0 aliphatic rings. The van der Waals surface area contributed by atoms with Crippen molar-refractivity contribution in [3.05, 3.63) is 29.8 Å². The van der Waals surface area contributed by atoms with Crippen LogP contribution in [0.15, 0.2) is 24.3 Å². The number of likely N-dealkylation sites (N-methyl/N-ethyl adjacent to an activating group) is 1. The molecule has 0 aliphatic carbocycles. The summed E-state index contributed by atoms with van der Waals surface area (Å²) in [6, 6.07) is 8.11.